The highest BCUT2D eigenvalue weighted by atomic mass is 16.5. The molecule has 7 nitrogen and oxygen atoms in total. The van der Waals surface area contributed by atoms with Crippen LogP contribution in [0.5, 0.6) is 17.2 Å². The number of methoxy groups -OCH3 is 2. The fourth-order valence-electron chi connectivity index (χ4n) is 3.17. The number of ether oxygens (including phenoxy) is 3. The van der Waals surface area contributed by atoms with Gasteiger partial charge in [-0.1, -0.05) is 29.4 Å². The van der Waals surface area contributed by atoms with Crippen LogP contribution in [-0.2, 0) is 6.42 Å². The largest absolute Gasteiger partial charge is 0.493 e. The van der Waals surface area contributed by atoms with Crippen LogP contribution in [-0.4, -0.2) is 50.3 Å². The van der Waals surface area contributed by atoms with Gasteiger partial charge in [0, 0.05) is 18.2 Å². The van der Waals surface area contributed by atoms with Gasteiger partial charge in [0.05, 0.1) is 19.9 Å². The lowest BCUT2D eigenvalue weighted by Crippen LogP contribution is -2.32. The average molecular weight is 439 g/mol. The molecule has 0 spiro atoms. The van der Waals surface area contributed by atoms with Gasteiger partial charge in [0.25, 0.3) is 0 Å². The monoisotopic (exact) mass is 438 g/mol. The van der Waals surface area contributed by atoms with Gasteiger partial charge in [0.1, 0.15) is 18.5 Å². The van der Waals surface area contributed by atoms with Crippen LogP contribution in [0.4, 0.5) is 0 Å². The van der Waals surface area contributed by atoms with Gasteiger partial charge in [-0.15, -0.1) is 0 Å². The second kappa shape index (κ2) is 11.9. The van der Waals surface area contributed by atoms with E-state index in [2.05, 4.69) is 10.5 Å². The Balaban J connectivity index is 1.43. The summed E-state index contributed by atoms with van der Waals surface area (Å²) in [5.41, 5.74) is 2.86. The Bertz CT molecular complexity index is 1020. The summed E-state index contributed by atoms with van der Waals surface area (Å²) in [5, 5.41) is 17.4. The maximum absolute atomic E-state index is 10.3. The van der Waals surface area contributed by atoms with Crippen LogP contribution < -0.4 is 19.5 Å². The number of aliphatic hydroxyl groups excluding tert-OH is 1. The Morgan fingerprint density at radius 2 is 1.84 bits per heavy atom. The highest BCUT2D eigenvalue weighted by Crippen LogP contribution is 2.27. The smallest absolute Gasteiger partial charge is 0.160 e. The van der Waals surface area contributed by atoms with Gasteiger partial charge in [0.15, 0.2) is 17.3 Å². The van der Waals surface area contributed by atoms with Crippen molar-refractivity contribution in [3.63, 3.8) is 0 Å². The number of aliphatic hydroxyl groups is 1. The fourth-order valence-corrected chi connectivity index (χ4v) is 3.17. The van der Waals surface area contributed by atoms with Gasteiger partial charge in [-0.05, 0) is 55.8 Å². The average Bonchev–Trinajstić information content (AvgIpc) is 3.24. The van der Waals surface area contributed by atoms with Crippen molar-refractivity contribution in [2.45, 2.75) is 19.4 Å². The first-order valence-corrected chi connectivity index (χ1v) is 10.5. The molecule has 3 rings (SSSR count). The second-order valence-electron chi connectivity index (χ2n) is 7.35. The molecule has 2 aromatic carbocycles. The summed E-state index contributed by atoms with van der Waals surface area (Å²) in [6.07, 6.45) is 3.93. The molecule has 32 heavy (non-hydrogen) atoms. The Hall–Kier alpha value is -3.29. The first-order valence-electron chi connectivity index (χ1n) is 10.5. The molecule has 0 amide bonds. The Morgan fingerprint density at radius 3 is 2.59 bits per heavy atom. The van der Waals surface area contributed by atoms with E-state index >= 15 is 0 Å². The van der Waals surface area contributed by atoms with Crippen LogP contribution >= 0.6 is 0 Å². The second-order valence-corrected chi connectivity index (χ2v) is 7.35. The SMILES string of the molecule is COc1ccc(CCNCC(O)COc2ccccc2C=Cc2cc(C)no2)cc1OC. The number of rotatable bonds is 12. The molecule has 1 unspecified atom stereocenters. The summed E-state index contributed by atoms with van der Waals surface area (Å²) in [7, 11) is 3.24. The quantitative estimate of drug-likeness (QED) is 0.417. The molecule has 0 aliphatic heterocycles. The standard InChI is InChI=1S/C25H30N2O5/c1-18-14-22(32-27-18)10-9-20-6-4-5-7-23(20)31-17-21(28)16-26-13-12-19-8-11-24(29-2)25(15-19)30-3/h4-11,14-15,21,26,28H,12-13,16-17H2,1-3H3. The van der Waals surface area contributed by atoms with Gasteiger partial charge in [-0.2, -0.15) is 0 Å². The molecule has 0 aliphatic rings. The van der Waals surface area contributed by atoms with Gasteiger partial charge in [0.2, 0.25) is 0 Å². The molecule has 0 aliphatic carbocycles. The van der Waals surface area contributed by atoms with E-state index in [0.29, 0.717) is 29.6 Å². The van der Waals surface area contributed by atoms with E-state index < -0.39 is 6.10 Å². The Morgan fingerprint density at radius 1 is 1.03 bits per heavy atom. The molecule has 170 valence electrons. The maximum Gasteiger partial charge on any atom is 0.160 e. The maximum atomic E-state index is 10.3. The van der Waals surface area contributed by atoms with E-state index in [-0.39, 0.29) is 6.61 Å². The minimum Gasteiger partial charge on any atom is -0.493 e. The van der Waals surface area contributed by atoms with E-state index in [9.17, 15) is 5.11 Å². The van der Waals surface area contributed by atoms with Crippen molar-refractivity contribution in [1.82, 2.24) is 10.5 Å². The number of benzene rings is 2. The zero-order chi connectivity index (χ0) is 22.8. The van der Waals surface area contributed by atoms with Gasteiger partial charge in [-0.3, -0.25) is 0 Å². The van der Waals surface area contributed by atoms with E-state index in [1.807, 2.05) is 67.6 Å². The normalized spacial score (nSPS) is 12.1. The molecule has 0 fully saturated rings. The Labute approximate surface area is 188 Å². The zero-order valence-corrected chi connectivity index (χ0v) is 18.7. The first-order chi connectivity index (χ1) is 15.6. The predicted octanol–water partition coefficient (Wildman–Crippen LogP) is 3.74. The summed E-state index contributed by atoms with van der Waals surface area (Å²) >= 11 is 0. The van der Waals surface area contributed by atoms with Crippen LogP contribution in [0, 0.1) is 6.92 Å². The van der Waals surface area contributed by atoms with Crippen LogP contribution in [0.25, 0.3) is 12.2 Å². The molecule has 1 aromatic heterocycles. The molecular weight excluding hydrogens is 408 g/mol. The lowest BCUT2D eigenvalue weighted by atomic mass is 10.1. The van der Waals surface area contributed by atoms with E-state index in [0.717, 1.165) is 29.8 Å². The van der Waals surface area contributed by atoms with Crippen LogP contribution in [0.1, 0.15) is 22.6 Å². The number of hydrogen-bond acceptors (Lipinski definition) is 7. The van der Waals surface area contributed by atoms with Crippen molar-refractivity contribution in [1.29, 1.82) is 0 Å². The van der Waals surface area contributed by atoms with Crippen molar-refractivity contribution in [3.8, 4) is 17.2 Å². The van der Waals surface area contributed by atoms with Crippen LogP contribution in [0.3, 0.4) is 0 Å². The third-order valence-corrected chi connectivity index (χ3v) is 4.84. The van der Waals surface area contributed by atoms with Crippen molar-refractivity contribution in [3.05, 3.63) is 71.1 Å². The summed E-state index contributed by atoms with van der Waals surface area (Å²) in [6.45, 7) is 3.22. The first kappa shape index (κ1) is 23.4. The van der Waals surface area contributed by atoms with E-state index in [4.69, 9.17) is 18.7 Å². The molecule has 1 atom stereocenters. The summed E-state index contributed by atoms with van der Waals surface area (Å²) in [6, 6.07) is 15.4. The van der Waals surface area contributed by atoms with Crippen LogP contribution in [0.2, 0.25) is 0 Å². The van der Waals surface area contributed by atoms with Crippen LogP contribution in [0.15, 0.2) is 53.1 Å². The molecule has 2 N–H and O–H groups in total. The van der Waals surface area contributed by atoms with Gasteiger partial charge < -0.3 is 29.2 Å². The summed E-state index contributed by atoms with van der Waals surface area (Å²) < 4.78 is 21.6. The topological polar surface area (TPSA) is 86.0 Å². The molecule has 0 radical (unpaired) electrons. The van der Waals surface area contributed by atoms with Crippen molar-refractivity contribution >= 4 is 12.2 Å². The summed E-state index contributed by atoms with van der Waals surface area (Å²) in [5.74, 6) is 2.80. The molecule has 3 aromatic rings. The fraction of sp³-hybridized carbons (Fsp3) is 0.320. The zero-order valence-electron chi connectivity index (χ0n) is 18.7. The van der Waals surface area contributed by atoms with Crippen molar-refractivity contribution < 1.29 is 23.8 Å². The minimum absolute atomic E-state index is 0.190. The number of aryl methyl sites for hydroxylation is 1. The lowest BCUT2D eigenvalue weighted by molar-refractivity contribution is 0.106. The minimum atomic E-state index is -0.630. The molecule has 1 heterocycles. The van der Waals surface area contributed by atoms with Gasteiger partial charge >= 0.3 is 0 Å². The third kappa shape index (κ3) is 6.87. The number of hydrogen-bond donors (Lipinski definition) is 2. The lowest BCUT2D eigenvalue weighted by Gasteiger charge is -2.15. The van der Waals surface area contributed by atoms with Crippen molar-refractivity contribution in [2.75, 3.05) is 33.9 Å². The highest BCUT2D eigenvalue weighted by molar-refractivity contribution is 5.70. The summed E-state index contributed by atoms with van der Waals surface area (Å²) in [4.78, 5) is 0. The number of aromatic nitrogens is 1. The molecule has 7 heteroatoms. The number of nitrogens with zero attached hydrogens (tertiary/aromatic N) is 1. The molecular formula is C25H30N2O5. The van der Waals surface area contributed by atoms with E-state index in [1.54, 1.807) is 14.2 Å². The third-order valence-electron chi connectivity index (χ3n) is 4.84. The predicted molar refractivity (Wildman–Crippen MR) is 124 cm³/mol. The molecule has 0 bridgehead atoms. The van der Waals surface area contributed by atoms with Gasteiger partial charge in [-0.25, -0.2) is 0 Å². The number of para-hydroxylation sites is 1. The molecule has 0 saturated carbocycles. The Kier molecular flexibility index (Phi) is 8.71. The van der Waals surface area contributed by atoms with E-state index in [1.165, 1.54) is 0 Å². The highest BCUT2D eigenvalue weighted by Gasteiger charge is 2.08. The van der Waals surface area contributed by atoms with Crippen molar-refractivity contribution in [2.24, 2.45) is 0 Å². The number of nitrogens with one attached hydrogen (secondary N) is 1. The molecule has 0 saturated heterocycles.